The Morgan fingerprint density at radius 1 is 1.06 bits per heavy atom. The molecule has 0 aliphatic carbocycles. The summed E-state index contributed by atoms with van der Waals surface area (Å²) in [5.74, 6) is -0.107. The van der Waals surface area contributed by atoms with Crippen LogP contribution in [0.15, 0.2) is 48.7 Å². The number of aryl methyl sites for hydroxylation is 2. The van der Waals surface area contributed by atoms with Gasteiger partial charge in [0, 0.05) is 24.6 Å². The summed E-state index contributed by atoms with van der Waals surface area (Å²) in [5, 5.41) is 0. The van der Waals surface area contributed by atoms with E-state index in [1.165, 1.54) is 0 Å². The molecule has 0 atom stereocenters. The molecule has 2 aromatic rings. The van der Waals surface area contributed by atoms with Crippen molar-refractivity contribution in [3.8, 4) is 0 Å². The predicted octanol–water partition coefficient (Wildman–Crippen LogP) is -1.02. The van der Waals surface area contributed by atoms with Crippen LogP contribution in [0.25, 0.3) is 0 Å². The lowest BCUT2D eigenvalue weighted by molar-refractivity contribution is -0.647. The van der Waals surface area contributed by atoms with E-state index >= 15 is 0 Å². The van der Waals surface area contributed by atoms with E-state index in [0.29, 0.717) is 5.56 Å². The summed E-state index contributed by atoms with van der Waals surface area (Å²) in [6.07, 6.45) is 1.82. The van der Waals surface area contributed by atoms with Gasteiger partial charge in [0.15, 0.2) is 6.20 Å². The molecular formula is C14H15ClN2O. The molecule has 3 nitrogen and oxygen atoms in total. The van der Waals surface area contributed by atoms with Gasteiger partial charge < -0.3 is 12.4 Å². The van der Waals surface area contributed by atoms with Crippen LogP contribution in [0.5, 0.6) is 0 Å². The second-order valence-corrected chi connectivity index (χ2v) is 4.02. The molecule has 1 heterocycles. The van der Waals surface area contributed by atoms with Crippen LogP contribution in [-0.4, -0.2) is 5.91 Å². The Hall–Kier alpha value is -1.87. The SMILES string of the molecule is Cc1ccc(C(=O)N[n+]2ccccc2C)cc1.[Cl-]. The van der Waals surface area contributed by atoms with Crippen LogP contribution in [0, 0.1) is 13.8 Å². The minimum absolute atomic E-state index is 0. The maximum absolute atomic E-state index is 11.9. The average molecular weight is 263 g/mol. The highest BCUT2D eigenvalue weighted by Gasteiger charge is 2.11. The predicted molar refractivity (Wildman–Crippen MR) is 66.2 cm³/mol. The Labute approximate surface area is 113 Å². The molecule has 18 heavy (non-hydrogen) atoms. The Morgan fingerprint density at radius 2 is 1.72 bits per heavy atom. The lowest BCUT2D eigenvalue weighted by Crippen LogP contribution is -3.00. The van der Waals surface area contributed by atoms with Crippen LogP contribution >= 0.6 is 0 Å². The molecule has 1 aromatic carbocycles. The number of halogens is 1. The van der Waals surface area contributed by atoms with Crippen molar-refractivity contribution in [1.82, 2.24) is 0 Å². The van der Waals surface area contributed by atoms with E-state index in [1.807, 2.05) is 62.5 Å². The topological polar surface area (TPSA) is 33.0 Å². The molecule has 0 spiro atoms. The molecule has 0 aliphatic heterocycles. The Kier molecular flexibility index (Phi) is 4.86. The van der Waals surface area contributed by atoms with Gasteiger partial charge in [-0.1, -0.05) is 22.4 Å². The van der Waals surface area contributed by atoms with Gasteiger partial charge in [0.25, 0.3) is 0 Å². The molecule has 0 saturated heterocycles. The molecule has 0 saturated carbocycles. The van der Waals surface area contributed by atoms with Gasteiger partial charge >= 0.3 is 5.91 Å². The van der Waals surface area contributed by atoms with Crippen LogP contribution in [0.2, 0.25) is 0 Å². The van der Waals surface area contributed by atoms with Gasteiger partial charge in [0.1, 0.15) is 0 Å². The van der Waals surface area contributed by atoms with Crippen molar-refractivity contribution in [3.05, 3.63) is 65.5 Å². The Bertz CT molecular complexity index is 538. The van der Waals surface area contributed by atoms with E-state index in [0.717, 1.165) is 11.3 Å². The lowest BCUT2D eigenvalue weighted by Gasteiger charge is -2.02. The molecule has 0 radical (unpaired) electrons. The lowest BCUT2D eigenvalue weighted by atomic mass is 10.1. The third kappa shape index (κ3) is 3.31. The summed E-state index contributed by atoms with van der Waals surface area (Å²) >= 11 is 0. The van der Waals surface area contributed by atoms with Crippen molar-refractivity contribution in [2.24, 2.45) is 0 Å². The van der Waals surface area contributed by atoms with E-state index in [9.17, 15) is 4.79 Å². The van der Waals surface area contributed by atoms with Crippen LogP contribution < -0.4 is 22.5 Å². The number of aromatic nitrogens is 1. The minimum Gasteiger partial charge on any atom is -1.00 e. The number of nitrogens with one attached hydrogen (secondary N) is 1. The summed E-state index contributed by atoms with van der Waals surface area (Å²) < 4.78 is 1.71. The van der Waals surface area contributed by atoms with Gasteiger partial charge in [-0.15, -0.1) is 5.43 Å². The third-order valence-electron chi connectivity index (χ3n) is 2.60. The number of benzene rings is 1. The number of nitrogens with zero attached hydrogens (tertiary/aromatic N) is 1. The molecule has 2 rings (SSSR count). The van der Waals surface area contributed by atoms with E-state index in [-0.39, 0.29) is 18.3 Å². The molecule has 0 unspecified atom stereocenters. The van der Waals surface area contributed by atoms with Gasteiger partial charge in [-0.2, -0.15) is 0 Å². The molecule has 1 N–H and O–H groups in total. The van der Waals surface area contributed by atoms with Crippen LogP contribution in [-0.2, 0) is 0 Å². The molecule has 1 aromatic heterocycles. The second kappa shape index (κ2) is 6.17. The number of amides is 1. The number of pyridine rings is 1. The van der Waals surface area contributed by atoms with Gasteiger partial charge in [-0.05, 0) is 25.1 Å². The van der Waals surface area contributed by atoms with Crippen molar-refractivity contribution in [1.29, 1.82) is 0 Å². The summed E-state index contributed by atoms with van der Waals surface area (Å²) in [6, 6.07) is 13.3. The first kappa shape index (κ1) is 14.2. The van der Waals surface area contributed by atoms with E-state index in [2.05, 4.69) is 5.43 Å². The maximum Gasteiger partial charge on any atom is 0.305 e. The standard InChI is InChI=1S/C14H14N2O.ClH/c1-11-6-8-13(9-7-11)14(17)15-16-10-4-3-5-12(16)2;/h3-10H,1-2H3;1H. The highest BCUT2D eigenvalue weighted by atomic mass is 35.5. The van der Waals surface area contributed by atoms with Crippen molar-refractivity contribution in [2.45, 2.75) is 13.8 Å². The fourth-order valence-electron chi connectivity index (χ4n) is 1.53. The molecule has 0 aliphatic rings. The number of carbonyl (C=O) groups excluding carboxylic acids is 1. The first-order valence-electron chi connectivity index (χ1n) is 5.52. The quantitative estimate of drug-likeness (QED) is 0.691. The number of carbonyl (C=O) groups is 1. The summed E-state index contributed by atoms with van der Waals surface area (Å²) in [5.41, 5.74) is 5.61. The zero-order valence-electron chi connectivity index (χ0n) is 10.4. The van der Waals surface area contributed by atoms with Gasteiger partial charge in [-0.3, -0.25) is 4.79 Å². The number of hydrogen-bond acceptors (Lipinski definition) is 1. The average Bonchev–Trinajstić information content (AvgIpc) is 2.33. The molecule has 94 valence electrons. The van der Waals surface area contributed by atoms with Crippen LogP contribution in [0.3, 0.4) is 0 Å². The first-order chi connectivity index (χ1) is 8.16. The number of rotatable bonds is 2. The van der Waals surface area contributed by atoms with Crippen LogP contribution in [0.4, 0.5) is 0 Å². The van der Waals surface area contributed by atoms with Crippen molar-refractivity contribution in [3.63, 3.8) is 0 Å². The normalized spacial score (nSPS) is 9.44. The van der Waals surface area contributed by atoms with Crippen molar-refractivity contribution >= 4 is 5.91 Å². The molecule has 0 bridgehead atoms. The molecular weight excluding hydrogens is 248 g/mol. The smallest absolute Gasteiger partial charge is 0.305 e. The monoisotopic (exact) mass is 262 g/mol. The minimum atomic E-state index is -0.107. The highest BCUT2D eigenvalue weighted by molar-refractivity contribution is 5.98. The molecule has 4 heteroatoms. The second-order valence-electron chi connectivity index (χ2n) is 4.02. The van der Waals surface area contributed by atoms with Crippen molar-refractivity contribution in [2.75, 3.05) is 5.43 Å². The van der Waals surface area contributed by atoms with Gasteiger partial charge in [-0.25, -0.2) is 0 Å². The summed E-state index contributed by atoms with van der Waals surface area (Å²) in [4.78, 5) is 11.9. The molecule has 0 fully saturated rings. The maximum atomic E-state index is 11.9. The van der Waals surface area contributed by atoms with E-state index in [1.54, 1.807) is 4.68 Å². The zero-order valence-corrected chi connectivity index (χ0v) is 11.1. The van der Waals surface area contributed by atoms with E-state index in [4.69, 9.17) is 0 Å². The summed E-state index contributed by atoms with van der Waals surface area (Å²) in [7, 11) is 0. The Morgan fingerprint density at radius 3 is 2.33 bits per heavy atom. The van der Waals surface area contributed by atoms with Crippen LogP contribution in [0.1, 0.15) is 21.6 Å². The van der Waals surface area contributed by atoms with Gasteiger partial charge in [0.2, 0.25) is 5.69 Å². The van der Waals surface area contributed by atoms with E-state index < -0.39 is 0 Å². The first-order valence-corrected chi connectivity index (χ1v) is 5.52. The summed E-state index contributed by atoms with van der Waals surface area (Å²) in [6.45, 7) is 3.94. The largest absolute Gasteiger partial charge is 1.00 e. The van der Waals surface area contributed by atoms with Crippen molar-refractivity contribution < 1.29 is 21.9 Å². The fourth-order valence-corrected chi connectivity index (χ4v) is 1.53. The number of hydrogen-bond donors (Lipinski definition) is 1. The highest BCUT2D eigenvalue weighted by Crippen LogP contribution is 2.02. The third-order valence-corrected chi connectivity index (χ3v) is 2.60. The molecule has 1 amide bonds. The Balaban J connectivity index is 0.00000162. The van der Waals surface area contributed by atoms with Gasteiger partial charge in [0.05, 0.1) is 0 Å². The zero-order chi connectivity index (χ0) is 12.3. The fraction of sp³-hybridized carbons (Fsp3) is 0.143.